The summed E-state index contributed by atoms with van der Waals surface area (Å²) >= 11 is 0. The van der Waals surface area contributed by atoms with Crippen molar-refractivity contribution in [3.05, 3.63) is 45.9 Å². The number of benzene rings is 1. The van der Waals surface area contributed by atoms with Gasteiger partial charge in [-0.2, -0.15) is 0 Å². The van der Waals surface area contributed by atoms with Gasteiger partial charge in [-0.1, -0.05) is 0 Å². The molecule has 0 saturated heterocycles. The number of carbonyl (C=O) groups is 3. The molecule has 1 aromatic carbocycles. The first kappa shape index (κ1) is 24.7. The summed E-state index contributed by atoms with van der Waals surface area (Å²) in [6, 6.07) is 1.17. The molecule has 0 heterocycles. The van der Waals surface area contributed by atoms with Crippen LogP contribution in [0.5, 0.6) is 5.75 Å². The molecule has 10 nitrogen and oxygen atoms in total. The van der Waals surface area contributed by atoms with Crippen LogP contribution in [-0.2, 0) is 16.0 Å². The van der Waals surface area contributed by atoms with E-state index < -0.39 is 70.8 Å². The Morgan fingerprint density at radius 1 is 1.29 bits per heavy atom. The van der Waals surface area contributed by atoms with Gasteiger partial charge in [0.2, 0.25) is 5.78 Å². The maximum absolute atomic E-state index is 13.5. The summed E-state index contributed by atoms with van der Waals surface area (Å²) in [5.41, 5.74) is 2.27. The molecule has 5 atom stereocenters. The van der Waals surface area contributed by atoms with Crippen LogP contribution < -0.4 is 11.1 Å². The van der Waals surface area contributed by atoms with Gasteiger partial charge in [0.05, 0.1) is 17.6 Å². The number of halogens is 1. The van der Waals surface area contributed by atoms with Crippen molar-refractivity contribution in [1.29, 1.82) is 0 Å². The van der Waals surface area contributed by atoms with Crippen LogP contribution >= 0.6 is 0 Å². The van der Waals surface area contributed by atoms with Gasteiger partial charge in [-0.3, -0.25) is 19.3 Å². The molecule has 0 spiro atoms. The first-order valence-electron chi connectivity index (χ1n) is 11.2. The van der Waals surface area contributed by atoms with Crippen molar-refractivity contribution in [2.24, 2.45) is 17.6 Å². The molecule has 11 heteroatoms. The monoisotopic (exact) mass is 489 g/mol. The van der Waals surface area contributed by atoms with E-state index in [-0.39, 0.29) is 29.7 Å². The first-order valence-corrected chi connectivity index (χ1v) is 11.2. The molecule has 0 radical (unpaired) electrons. The third kappa shape index (κ3) is 3.41. The van der Waals surface area contributed by atoms with Gasteiger partial charge in [-0.25, -0.2) is 4.39 Å². The van der Waals surface area contributed by atoms with Gasteiger partial charge in [-0.05, 0) is 57.5 Å². The van der Waals surface area contributed by atoms with Crippen molar-refractivity contribution in [2.75, 3.05) is 26.1 Å². The Labute approximate surface area is 200 Å². The molecule has 0 saturated carbocycles. The SMILES string of the molecule is CC(CF)Nc1ccc(O)c2c1CC1CC3C(N(C)C)C(O)=C(C(N)=O)C(=O)C3(O)C(O)=C1C2=O. The van der Waals surface area contributed by atoms with Crippen molar-refractivity contribution in [3.63, 3.8) is 0 Å². The van der Waals surface area contributed by atoms with Gasteiger partial charge in [0.1, 0.15) is 29.5 Å². The van der Waals surface area contributed by atoms with Crippen LogP contribution in [0.2, 0.25) is 0 Å². The molecule has 5 unspecified atom stereocenters. The predicted molar refractivity (Wildman–Crippen MR) is 123 cm³/mol. The number of fused-ring (bicyclic) bond motifs is 3. The van der Waals surface area contributed by atoms with Crippen LogP contribution in [0.3, 0.4) is 0 Å². The summed E-state index contributed by atoms with van der Waals surface area (Å²) in [5.74, 6) is -7.07. The number of ketones is 2. The van der Waals surface area contributed by atoms with Gasteiger partial charge >= 0.3 is 0 Å². The number of anilines is 1. The molecular weight excluding hydrogens is 461 g/mol. The Balaban J connectivity index is 1.92. The van der Waals surface area contributed by atoms with E-state index in [2.05, 4.69) is 5.32 Å². The number of rotatable bonds is 5. The number of nitrogens with zero attached hydrogens (tertiary/aromatic N) is 1. The molecule has 7 N–H and O–H groups in total. The fourth-order valence-electron chi connectivity index (χ4n) is 5.69. The average molecular weight is 490 g/mol. The van der Waals surface area contributed by atoms with Crippen molar-refractivity contribution >= 4 is 23.2 Å². The maximum Gasteiger partial charge on any atom is 0.255 e. The van der Waals surface area contributed by atoms with Crippen molar-refractivity contribution in [1.82, 2.24) is 4.90 Å². The van der Waals surface area contributed by atoms with E-state index in [0.29, 0.717) is 11.3 Å². The van der Waals surface area contributed by atoms with Crippen LogP contribution in [-0.4, -0.2) is 81.3 Å². The van der Waals surface area contributed by atoms with E-state index in [0.717, 1.165) is 0 Å². The van der Waals surface area contributed by atoms with E-state index in [9.17, 15) is 39.2 Å². The summed E-state index contributed by atoms with van der Waals surface area (Å²) < 4.78 is 13.1. The highest BCUT2D eigenvalue weighted by Crippen LogP contribution is 2.52. The normalized spacial score (nSPS) is 29.0. The smallest absolute Gasteiger partial charge is 0.255 e. The number of likely N-dealkylation sites (N-methyl/N-ethyl adjacent to an activating group) is 1. The summed E-state index contributed by atoms with van der Waals surface area (Å²) in [7, 11) is 3.12. The Hall–Kier alpha value is -3.44. The fourth-order valence-corrected chi connectivity index (χ4v) is 5.69. The number of phenols is 1. The lowest BCUT2D eigenvalue weighted by Crippen LogP contribution is -2.63. The van der Waals surface area contributed by atoms with Gasteiger partial charge in [0.15, 0.2) is 11.4 Å². The van der Waals surface area contributed by atoms with Crippen LogP contribution in [0, 0.1) is 11.8 Å². The number of carbonyl (C=O) groups excluding carboxylic acids is 3. The lowest BCUT2D eigenvalue weighted by Gasteiger charge is -2.50. The quantitative estimate of drug-likeness (QED) is 0.259. The number of alkyl halides is 1. The number of hydrogen-bond acceptors (Lipinski definition) is 9. The van der Waals surface area contributed by atoms with Crippen LogP contribution in [0.1, 0.15) is 29.3 Å². The second kappa shape index (κ2) is 8.35. The van der Waals surface area contributed by atoms with E-state index in [1.54, 1.807) is 21.0 Å². The molecule has 188 valence electrons. The minimum absolute atomic E-state index is 0.0144. The summed E-state index contributed by atoms with van der Waals surface area (Å²) in [5, 5.41) is 47.0. The van der Waals surface area contributed by atoms with Crippen LogP contribution in [0.4, 0.5) is 10.1 Å². The van der Waals surface area contributed by atoms with E-state index in [1.165, 1.54) is 17.0 Å². The van der Waals surface area contributed by atoms with Gasteiger partial charge < -0.3 is 31.5 Å². The molecule has 3 aliphatic carbocycles. The summed E-state index contributed by atoms with van der Waals surface area (Å²) in [4.78, 5) is 40.2. The second-order valence-corrected chi connectivity index (χ2v) is 9.65. The Morgan fingerprint density at radius 3 is 2.51 bits per heavy atom. The minimum atomic E-state index is -2.68. The van der Waals surface area contributed by atoms with Gasteiger partial charge in [0.25, 0.3) is 5.91 Å². The number of nitrogens with one attached hydrogen (secondary N) is 1. The molecule has 1 amide bonds. The average Bonchev–Trinajstić information content (AvgIpc) is 2.77. The lowest BCUT2D eigenvalue weighted by atomic mass is 9.58. The Morgan fingerprint density at radius 2 is 1.94 bits per heavy atom. The number of aliphatic hydroxyl groups excluding tert-OH is 2. The Bertz CT molecular complexity index is 1210. The highest BCUT2D eigenvalue weighted by atomic mass is 19.1. The standard InChI is InChI=1S/C24H28FN3O7/c1-9(8-25)27-13-4-5-14(29)16-11(13)6-10-7-12-18(28(2)3)20(31)17(23(26)34)22(33)24(12,35)21(32)15(10)19(16)30/h4-5,9-10,12,18,27,29,31-32,35H,6-8H2,1-3H3,(H2,26,34). The molecule has 35 heavy (non-hydrogen) atoms. The number of allylic oxidation sites excluding steroid dienone is 1. The van der Waals surface area contributed by atoms with E-state index >= 15 is 0 Å². The molecule has 0 bridgehead atoms. The minimum Gasteiger partial charge on any atom is -0.510 e. The number of phenolic OH excluding ortho intramolecular Hbond substituents is 1. The van der Waals surface area contributed by atoms with Gasteiger partial charge in [0, 0.05) is 17.2 Å². The van der Waals surface area contributed by atoms with E-state index in [4.69, 9.17) is 5.73 Å². The number of nitrogens with two attached hydrogens (primary N) is 1. The van der Waals surface area contributed by atoms with Crippen LogP contribution in [0.25, 0.3) is 0 Å². The number of aromatic hydroxyl groups is 1. The molecule has 0 aromatic heterocycles. The zero-order valence-corrected chi connectivity index (χ0v) is 19.5. The number of aliphatic hydroxyl groups is 3. The number of hydrogen-bond donors (Lipinski definition) is 6. The van der Waals surface area contributed by atoms with Crippen molar-refractivity contribution in [3.8, 4) is 5.75 Å². The Kier molecular flexibility index (Phi) is 5.89. The largest absolute Gasteiger partial charge is 0.510 e. The third-order valence-electron chi connectivity index (χ3n) is 7.24. The number of Topliss-reactive ketones (excluding diaryl/α,β-unsaturated/α-hetero) is 2. The molecule has 0 fully saturated rings. The molecule has 0 aliphatic heterocycles. The lowest BCUT2D eigenvalue weighted by molar-refractivity contribution is -0.148. The summed E-state index contributed by atoms with van der Waals surface area (Å²) in [6.45, 7) is 0.942. The molecule has 1 aromatic rings. The predicted octanol–water partition coefficient (Wildman–Crippen LogP) is 0.890. The zero-order valence-electron chi connectivity index (χ0n) is 19.5. The number of primary amides is 1. The summed E-state index contributed by atoms with van der Waals surface area (Å²) in [6.07, 6.45) is 0.115. The second-order valence-electron chi connectivity index (χ2n) is 9.65. The number of amides is 1. The molecule has 3 aliphatic rings. The van der Waals surface area contributed by atoms with Crippen LogP contribution in [0.15, 0.2) is 34.8 Å². The van der Waals surface area contributed by atoms with E-state index in [1.807, 2.05) is 0 Å². The maximum atomic E-state index is 13.5. The first-order chi connectivity index (χ1) is 16.4. The van der Waals surface area contributed by atoms with Crippen molar-refractivity contribution in [2.45, 2.75) is 37.5 Å². The molecular formula is C24H28FN3O7. The molecule has 4 rings (SSSR count). The van der Waals surface area contributed by atoms with Gasteiger partial charge in [-0.15, -0.1) is 0 Å². The zero-order chi connectivity index (χ0) is 26.0. The topological polar surface area (TPSA) is 173 Å². The highest BCUT2D eigenvalue weighted by molar-refractivity contribution is 6.24. The highest BCUT2D eigenvalue weighted by Gasteiger charge is 2.63. The third-order valence-corrected chi connectivity index (χ3v) is 7.24. The van der Waals surface area contributed by atoms with Crippen molar-refractivity contribution < 1.29 is 39.2 Å². The fraction of sp³-hybridized carbons (Fsp3) is 0.458.